The summed E-state index contributed by atoms with van der Waals surface area (Å²) < 4.78 is 11.2. The molecule has 0 aliphatic carbocycles. The average Bonchev–Trinajstić information content (AvgIpc) is 2.29. The molecule has 19 heavy (non-hydrogen) atoms. The Morgan fingerprint density at radius 2 is 1.79 bits per heavy atom. The summed E-state index contributed by atoms with van der Waals surface area (Å²) in [6.45, 7) is 5.15. The lowest BCUT2D eigenvalue weighted by Crippen LogP contribution is -2.66. The van der Waals surface area contributed by atoms with Crippen LogP contribution in [0.2, 0.25) is 0 Å². The van der Waals surface area contributed by atoms with Gasteiger partial charge in [-0.15, -0.1) is 0 Å². The Morgan fingerprint density at radius 1 is 1.26 bits per heavy atom. The molecule has 0 aromatic heterocycles. The minimum Gasteiger partial charge on any atom is -0.277 e. The van der Waals surface area contributed by atoms with Crippen LogP contribution in [0, 0.1) is 5.41 Å². The lowest BCUT2D eigenvalue weighted by molar-refractivity contribution is -0.153. The molecule has 2 unspecified atom stereocenters. The van der Waals surface area contributed by atoms with E-state index in [4.69, 9.17) is 0 Å². The van der Waals surface area contributed by atoms with Crippen molar-refractivity contribution in [3.05, 3.63) is 0 Å². The number of hydrogen-bond acceptors (Lipinski definition) is 4. The summed E-state index contributed by atoms with van der Waals surface area (Å²) in [6, 6.07) is -1.21. The molecule has 6 nitrogen and oxygen atoms in total. The first-order chi connectivity index (χ1) is 8.80. The summed E-state index contributed by atoms with van der Waals surface area (Å²) in [7, 11) is -1.12. The van der Waals surface area contributed by atoms with Crippen molar-refractivity contribution in [1.29, 1.82) is 0 Å². The number of imide groups is 2. The van der Waals surface area contributed by atoms with Crippen LogP contribution in [0.3, 0.4) is 0 Å². The number of urea groups is 1. The first-order valence-corrected chi connectivity index (χ1v) is 8.02. The highest BCUT2D eigenvalue weighted by Crippen LogP contribution is 2.33. The number of rotatable bonds is 5. The molecule has 1 rings (SSSR count). The molecule has 4 amide bonds. The van der Waals surface area contributed by atoms with E-state index in [0.29, 0.717) is 12.8 Å². The van der Waals surface area contributed by atoms with Crippen LogP contribution in [0.5, 0.6) is 0 Å². The Balaban J connectivity index is 3.12. The van der Waals surface area contributed by atoms with Gasteiger partial charge in [0.1, 0.15) is 5.41 Å². The molecule has 0 radical (unpaired) electrons. The largest absolute Gasteiger partial charge is 0.331 e. The number of hydrogen-bond donors (Lipinski definition) is 1. The van der Waals surface area contributed by atoms with Gasteiger partial charge in [-0.2, -0.15) is 0 Å². The number of nitrogens with zero attached hydrogens (tertiary/aromatic N) is 1. The number of barbiturate groups is 1. The summed E-state index contributed by atoms with van der Waals surface area (Å²) in [5, 5.41) is 2.23. The fourth-order valence-corrected chi connectivity index (χ4v) is 3.21. The van der Waals surface area contributed by atoms with E-state index < -0.39 is 40.1 Å². The highest BCUT2D eigenvalue weighted by molar-refractivity contribution is 7.84. The summed E-state index contributed by atoms with van der Waals surface area (Å²) in [5.41, 5.74) is -1.18. The molecule has 1 fully saturated rings. The van der Waals surface area contributed by atoms with Gasteiger partial charge in [0.2, 0.25) is 11.8 Å². The summed E-state index contributed by atoms with van der Waals surface area (Å²) in [6.07, 6.45) is 2.18. The van der Waals surface area contributed by atoms with Crippen LogP contribution in [0.15, 0.2) is 0 Å². The van der Waals surface area contributed by atoms with E-state index in [0.717, 1.165) is 4.90 Å². The van der Waals surface area contributed by atoms with Gasteiger partial charge < -0.3 is 0 Å². The van der Waals surface area contributed by atoms with Gasteiger partial charge in [0, 0.05) is 22.8 Å². The van der Waals surface area contributed by atoms with Gasteiger partial charge in [0.05, 0.1) is 6.04 Å². The molecule has 0 saturated carbocycles. The molecule has 1 aliphatic rings. The molecule has 1 saturated heterocycles. The van der Waals surface area contributed by atoms with E-state index in [-0.39, 0.29) is 5.75 Å². The van der Waals surface area contributed by atoms with E-state index in [9.17, 15) is 18.6 Å². The van der Waals surface area contributed by atoms with Gasteiger partial charge in [-0.3, -0.25) is 24.0 Å². The molecule has 0 bridgehead atoms. The van der Waals surface area contributed by atoms with E-state index >= 15 is 0 Å². The fraction of sp³-hybridized carbons (Fsp3) is 0.750. The zero-order valence-electron chi connectivity index (χ0n) is 11.7. The molecular weight excluding hydrogens is 268 g/mol. The number of carbonyl (C=O) groups is 3. The van der Waals surface area contributed by atoms with Crippen LogP contribution in [0.25, 0.3) is 0 Å². The number of amides is 4. The maximum atomic E-state index is 12.5. The van der Waals surface area contributed by atoms with Crippen LogP contribution >= 0.6 is 0 Å². The van der Waals surface area contributed by atoms with Crippen LogP contribution < -0.4 is 5.32 Å². The molecule has 0 spiro atoms. The molecule has 0 aromatic carbocycles. The van der Waals surface area contributed by atoms with Crippen LogP contribution in [0.1, 0.15) is 33.6 Å². The van der Waals surface area contributed by atoms with Crippen molar-refractivity contribution >= 4 is 28.6 Å². The topological polar surface area (TPSA) is 83.6 Å². The third-order valence-corrected chi connectivity index (χ3v) is 4.58. The molecule has 108 valence electrons. The molecule has 7 heteroatoms. The highest BCUT2D eigenvalue weighted by atomic mass is 32.2. The van der Waals surface area contributed by atoms with Gasteiger partial charge in [0.15, 0.2) is 0 Å². The third-order valence-electron chi connectivity index (χ3n) is 3.63. The Labute approximate surface area is 115 Å². The van der Waals surface area contributed by atoms with Crippen molar-refractivity contribution in [1.82, 2.24) is 10.2 Å². The summed E-state index contributed by atoms with van der Waals surface area (Å²) in [4.78, 5) is 37.3. The summed E-state index contributed by atoms with van der Waals surface area (Å²) >= 11 is 0. The monoisotopic (exact) mass is 288 g/mol. The Morgan fingerprint density at radius 3 is 2.21 bits per heavy atom. The standard InChI is InChI=1S/C12H20N2O4S/c1-5-12(6-2)9(15)13-11(17)14(10(12)16)8(3)7-19(4)18/h8H,5-7H2,1-4H3,(H,13,15,17). The Kier molecular flexibility index (Phi) is 4.84. The van der Waals surface area contributed by atoms with E-state index in [1.165, 1.54) is 6.26 Å². The van der Waals surface area contributed by atoms with Crippen molar-refractivity contribution in [3.63, 3.8) is 0 Å². The van der Waals surface area contributed by atoms with Gasteiger partial charge in [-0.1, -0.05) is 13.8 Å². The second-order valence-corrected chi connectivity index (χ2v) is 6.29. The van der Waals surface area contributed by atoms with E-state index in [1.54, 1.807) is 20.8 Å². The minimum absolute atomic E-state index is 0.205. The number of carbonyl (C=O) groups excluding carboxylic acids is 3. The molecule has 1 aliphatic heterocycles. The molecule has 1 N–H and O–H groups in total. The fourth-order valence-electron chi connectivity index (χ4n) is 2.39. The van der Waals surface area contributed by atoms with Crippen molar-refractivity contribution in [3.8, 4) is 0 Å². The first-order valence-electron chi connectivity index (χ1n) is 6.29. The Hall–Kier alpha value is -1.24. The van der Waals surface area contributed by atoms with Crippen LogP contribution in [-0.4, -0.2) is 45.0 Å². The minimum atomic E-state index is -1.18. The lowest BCUT2D eigenvalue weighted by Gasteiger charge is -2.40. The van der Waals surface area contributed by atoms with Gasteiger partial charge in [0.25, 0.3) is 0 Å². The first kappa shape index (κ1) is 15.8. The predicted molar refractivity (Wildman–Crippen MR) is 71.8 cm³/mol. The maximum absolute atomic E-state index is 12.5. The van der Waals surface area contributed by atoms with Gasteiger partial charge in [-0.05, 0) is 19.8 Å². The molecule has 0 aromatic rings. The van der Waals surface area contributed by atoms with Gasteiger partial charge >= 0.3 is 6.03 Å². The molecule has 2 atom stereocenters. The molecular formula is C12H20N2O4S. The second-order valence-electron chi connectivity index (χ2n) is 4.81. The smallest absolute Gasteiger partial charge is 0.277 e. The second kappa shape index (κ2) is 5.81. The zero-order chi connectivity index (χ0) is 14.8. The summed E-state index contributed by atoms with van der Waals surface area (Å²) in [5.74, 6) is -0.811. The van der Waals surface area contributed by atoms with Gasteiger partial charge in [-0.25, -0.2) is 4.79 Å². The quantitative estimate of drug-likeness (QED) is 0.752. The normalized spacial score (nSPS) is 22.1. The third kappa shape index (κ3) is 2.70. The average molecular weight is 288 g/mol. The maximum Gasteiger partial charge on any atom is 0.331 e. The highest BCUT2D eigenvalue weighted by Gasteiger charge is 2.52. The zero-order valence-corrected chi connectivity index (χ0v) is 12.5. The van der Waals surface area contributed by atoms with Crippen molar-refractivity contribution in [2.24, 2.45) is 5.41 Å². The van der Waals surface area contributed by atoms with E-state index in [2.05, 4.69) is 5.32 Å². The SMILES string of the molecule is CCC1(CC)C(=O)NC(=O)N(C(C)CS(C)=O)C1=O. The lowest BCUT2D eigenvalue weighted by atomic mass is 9.78. The van der Waals surface area contributed by atoms with Crippen molar-refractivity contribution < 1.29 is 18.6 Å². The Bertz CT molecular complexity index is 431. The van der Waals surface area contributed by atoms with Crippen molar-refractivity contribution in [2.75, 3.05) is 12.0 Å². The van der Waals surface area contributed by atoms with E-state index in [1.807, 2.05) is 0 Å². The van der Waals surface area contributed by atoms with Crippen molar-refractivity contribution in [2.45, 2.75) is 39.7 Å². The number of nitrogens with one attached hydrogen (secondary N) is 1. The molecule has 1 heterocycles. The predicted octanol–water partition coefficient (Wildman–Crippen LogP) is 0.638. The van der Waals surface area contributed by atoms with Crippen LogP contribution in [-0.2, 0) is 20.4 Å². The van der Waals surface area contributed by atoms with Crippen LogP contribution in [0.4, 0.5) is 4.79 Å².